The molecule has 0 heterocycles. The van der Waals surface area contributed by atoms with Crippen molar-refractivity contribution in [2.75, 3.05) is 0 Å². The molecule has 3 heteroatoms. The number of aliphatic hydroxyl groups is 1. The van der Waals surface area contributed by atoms with Crippen molar-refractivity contribution in [3.05, 3.63) is 12.5 Å². The van der Waals surface area contributed by atoms with Gasteiger partial charge in [-0.15, -0.1) is 0 Å². The maximum atomic E-state index is 10.7. The molecule has 0 atom stereocenters. The van der Waals surface area contributed by atoms with Crippen LogP contribution in [0.3, 0.4) is 0 Å². The number of carbonyl (C=O) groups is 1. The van der Waals surface area contributed by atoms with Crippen molar-refractivity contribution in [1.82, 2.24) is 5.32 Å². The molecule has 0 aromatic rings. The van der Waals surface area contributed by atoms with Crippen molar-refractivity contribution in [1.29, 1.82) is 0 Å². The van der Waals surface area contributed by atoms with Gasteiger partial charge in [-0.2, -0.15) is 0 Å². The molecule has 0 radical (unpaired) electrons. The van der Waals surface area contributed by atoms with Gasteiger partial charge in [-0.05, 0) is 19.4 Å². The Morgan fingerprint density at radius 2 is 2.22 bits per heavy atom. The number of hydrogen-bond acceptors (Lipinski definition) is 2. The van der Waals surface area contributed by atoms with Crippen molar-refractivity contribution < 1.29 is 9.90 Å². The molecule has 0 aromatic carbocycles. The van der Waals surface area contributed by atoms with Crippen LogP contribution in [0.1, 0.15) is 12.8 Å². The van der Waals surface area contributed by atoms with E-state index in [2.05, 4.69) is 11.9 Å². The van der Waals surface area contributed by atoms with Gasteiger partial charge in [0.2, 0.25) is 5.91 Å². The average Bonchev–Trinajstić information content (AvgIpc) is 2.40. The number of carbonyl (C=O) groups excluding carboxylic acids is 1. The molecule has 1 fully saturated rings. The first-order chi connectivity index (χ1) is 4.20. The summed E-state index contributed by atoms with van der Waals surface area (Å²) in [5.41, 5.74) is 0. The Morgan fingerprint density at radius 1 is 1.67 bits per heavy atom. The first-order valence-electron chi connectivity index (χ1n) is 2.89. The quantitative estimate of drug-likeness (QED) is 0.532. The third-order valence-electron chi connectivity index (χ3n) is 1.22. The molecule has 50 valence electrons. The molecule has 1 saturated carbocycles. The molecule has 0 unspecified atom stereocenters. The summed E-state index contributed by atoms with van der Waals surface area (Å²) in [4.78, 5) is 10.7. The van der Waals surface area contributed by atoms with E-state index in [4.69, 9.17) is 5.11 Å². The topological polar surface area (TPSA) is 49.3 Å². The van der Waals surface area contributed by atoms with Crippen LogP contribution in [0.25, 0.3) is 0 Å². The minimum Gasteiger partial charge on any atom is -0.495 e. The Hall–Kier alpha value is -0.990. The highest BCUT2D eigenvalue weighted by Gasteiger charge is 2.29. The second-order valence-corrected chi connectivity index (χ2v) is 2.21. The largest absolute Gasteiger partial charge is 0.495 e. The smallest absolute Gasteiger partial charge is 0.229 e. The fourth-order valence-electron chi connectivity index (χ4n) is 0.590. The van der Waals surface area contributed by atoms with E-state index in [9.17, 15) is 4.79 Å². The predicted molar refractivity (Wildman–Crippen MR) is 32.6 cm³/mol. The molecule has 1 aliphatic rings. The first-order valence-corrected chi connectivity index (χ1v) is 2.89. The fourth-order valence-corrected chi connectivity index (χ4v) is 0.590. The van der Waals surface area contributed by atoms with Crippen LogP contribution in [0.2, 0.25) is 0 Å². The molecular weight excluding hydrogens is 118 g/mol. The predicted octanol–water partition coefficient (Wildman–Crippen LogP) is 0.542. The average molecular weight is 127 g/mol. The lowest BCUT2D eigenvalue weighted by molar-refractivity contribution is -0.122. The standard InChI is InChI=1S/C6H9NO2/c1-4(8)7-6(9)5-2-3-5/h5,8H,1-3H2,(H,7,9). The van der Waals surface area contributed by atoms with Crippen molar-refractivity contribution in [2.24, 2.45) is 5.92 Å². The molecule has 0 aliphatic heterocycles. The summed E-state index contributed by atoms with van der Waals surface area (Å²) in [6.07, 6.45) is 1.89. The first kappa shape index (κ1) is 6.13. The molecule has 2 N–H and O–H groups in total. The van der Waals surface area contributed by atoms with Gasteiger partial charge in [0.05, 0.1) is 0 Å². The van der Waals surface area contributed by atoms with Crippen molar-refractivity contribution in [3.8, 4) is 0 Å². The van der Waals surface area contributed by atoms with Gasteiger partial charge in [0.25, 0.3) is 0 Å². The van der Waals surface area contributed by atoms with Crippen molar-refractivity contribution >= 4 is 5.91 Å². The summed E-state index contributed by atoms with van der Waals surface area (Å²) >= 11 is 0. The van der Waals surface area contributed by atoms with Gasteiger partial charge in [-0.1, -0.05) is 0 Å². The van der Waals surface area contributed by atoms with Gasteiger partial charge in [0.1, 0.15) is 0 Å². The molecule has 0 bridgehead atoms. The monoisotopic (exact) mass is 127 g/mol. The summed E-state index contributed by atoms with van der Waals surface area (Å²) in [6.45, 7) is 3.13. The number of amides is 1. The van der Waals surface area contributed by atoms with Crippen LogP contribution < -0.4 is 5.32 Å². The lowest BCUT2D eigenvalue weighted by atomic mass is 10.4. The van der Waals surface area contributed by atoms with Crippen LogP contribution in [0.15, 0.2) is 12.5 Å². The summed E-state index contributed by atoms with van der Waals surface area (Å²) in [7, 11) is 0. The number of hydrogen-bond donors (Lipinski definition) is 2. The summed E-state index contributed by atoms with van der Waals surface area (Å²) < 4.78 is 0. The van der Waals surface area contributed by atoms with Crippen LogP contribution in [0.4, 0.5) is 0 Å². The minimum atomic E-state index is -0.257. The van der Waals surface area contributed by atoms with Gasteiger partial charge in [-0.3, -0.25) is 10.1 Å². The maximum Gasteiger partial charge on any atom is 0.229 e. The highest BCUT2D eigenvalue weighted by atomic mass is 16.3. The molecule has 0 saturated heterocycles. The van der Waals surface area contributed by atoms with E-state index in [0.29, 0.717) is 0 Å². The van der Waals surface area contributed by atoms with E-state index >= 15 is 0 Å². The van der Waals surface area contributed by atoms with Crippen LogP contribution in [-0.4, -0.2) is 11.0 Å². The Balaban J connectivity index is 2.26. The van der Waals surface area contributed by atoms with Crippen molar-refractivity contribution in [2.45, 2.75) is 12.8 Å². The maximum absolute atomic E-state index is 10.7. The molecule has 0 aromatic heterocycles. The highest BCUT2D eigenvalue weighted by molar-refractivity contribution is 5.81. The third kappa shape index (κ3) is 1.76. The fraction of sp³-hybridized carbons (Fsp3) is 0.500. The lowest BCUT2D eigenvalue weighted by Gasteiger charge is -1.97. The molecule has 3 nitrogen and oxygen atoms in total. The SMILES string of the molecule is C=C(O)NC(=O)C1CC1. The van der Waals surface area contributed by atoms with E-state index in [1.165, 1.54) is 0 Å². The Labute approximate surface area is 53.4 Å². The molecule has 1 aliphatic carbocycles. The number of nitrogens with one attached hydrogen (secondary N) is 1. The third-order valence-corrected chi connectivity index (χ3v) is 1.22. The summed E-state index contributed by atoms with van der Waals surface area (Å²) in [6, 6.07) is 0. The van der Waals surface area contributed by atoms with E-state index in [1.54, 1.807) is 0 Å². The molecular formula is C6H9NO2. The summed E-state index contributed by atoms with van der Waals surface area (Å²) in [5.74, 6) is -0.233. The van der Waals surface area contributed by atoms with E-state index < -0.39 is 0 Å². The van der Waals surface area contributed by atoms with Crippen LogP contribution >= 0.6 is 0 Å². The van der Waals surface area contributed by atoms with Gasteiger partial charge in [0.15, 0.2) is 5.88 Å². The second kappa shape index (κ2) is 2.09. The zero-order chi connectivity index (χ0) is 6.85. The Bertz CT molecular complexity index is 149. The van der Waals surface area contributed by atoms with E-state index in [-0.39, 0.29) is 17.7 Å². The van der Waals surface area contributed by atoms with Gasteiger partial charge in [0, 0.05) is 5.92 Å². The minimum absolute atomic E-state index is 0.109. The summed E-state index contributed by atoms with van der Waals surface area (Å²) in [5, 5.41) is 10.7. The molecule has 1 rings (SSSR count). The zero-order valence-corrected chi connectivity index (χ0v) is 5.05. The normalized spacial score (nSPS) is 16.9. The van der Waals surface area contributed by atoms with Crippen molar-refractivity contribution in [3.63, 3.8) is 0 Å². The lowest BCUT2D eigenvalue weighted by Crippen LogP contribution is -2.23. The Morgan fingerprint density at radius 3 is 2.56 bits per heavy atom. The van der Waals surface area contributed by atoms with E-state index in [1.807, 2.05) is 0 Å². The van der Waals surface area contributed by atoms with Crippen LogP contribution in [0.5, 0.6) is 0 Å². The zero-order valence-electron chi connectivity index (χ0n) is 5.05. The van der Waals surface area contributed by atoms with Gasteiger partial charge < -0.3 is 5.11 Å². The molecule has 9 heavy (non-hydrogen) atoms. The second-order valence-electron chi connectivity index (χ2n) is 2.21. The number of aliphatic hydroxyl groups excluding tert-OH is 1. The Kier molecular flexibility index (Phi) is 1.42. The molecule has 1 amide bonds. The van der Waals surface area contributed by atoms with Gasteiger partial charge in [-0.25, -0.2) is 0 Å². The highest BCUT2D eigenvalue weighted by Crippen LogP contribution is 2.28. The van der Waals surface area contributed by atoms with Gasteiger partial charge >= 0.3 is 0 Å². The van der Waals surface area contributed by atoms with E-state index in [0.717, 1.165) is 12.8 Å². The molecule has 0 spiro atoms. The number of rotatable bonds is 2. The van der Waals surface area contributed by atoms with Crippen LogP contribution in [-0.2, 0) is 4.79 Å². The van der Waals surface area contributed by atoms with Crippen LogP contribution in [0, 0.1) is 5.92 Å².